The molecular formula is C23H28N2O5. The molecule has 30 heavy (non-hydrogen) atoms. The molecule has 2 amide bonds. The lowest BCUT2D eigenvalue weighted by molar-refractivity contribution is -0.125. The molecule has 2 aromatic carbocycles. The number of nitrogens with one attached hydrogen (secondary N) is 1. The second-order valence-corrected chi connectivity index (χ2v) is 7.21. The van der Waals surface area contributed by atoms with Gasteiger partial charge in [-0.2, -0.15) is 0 Å². The number of likely N-dealkylation sites (tertiary alicyclic amines) is 1. The van der Waals surface area contributed by atoms with E-state index < -0.39 is 0 Å². The highest BCUT2D eigenvalue weighted by atomic mass is 16.5. The first-order valence-corrected chi connectivity index (χ1v) is 9.91. The molecule has 7 nitrogen and oxygen atoms in total. The first-order chi connectivity index (χ1) is 14.6. The maximum Gasteiger partial charge on any atom is 0.253 e. The molecule has 7 heteroatoms. The summed E-state index contributed by atoms with van der Waals surface area (Å²) in [6, 6.07) is 14.7. The minimum absolute atomic E-state index is 0.0714. The summed E-state index contributed by atoms with van der Waals surface area (Å²) in [5, 5.41) is 2.92. The lowest BCUT2D eigenvalue weighted by atomic mass is 9.88. The Morgan fingerprint density at radius 3 is 2.10 bits per heavy atom. The Bertz CT molecular complexity index is 851. The monoisotopic (exact) mass is 412 g/mol. The van der Waals surface area contributed by atoms with Gasteiger partial charge in [0.25, 0.3) is 5.91 Å². The fourth-order valence-electron chi connectivity index (χ4n) is 3.75. The summed E-state index contributed by atoms with van der Waals surface area (Å²) in [5.74, 6) is 0.850. The Labute approximate surface area is 176 Å². The largest absolute Gasteiger partial charge is 0.497 e. The molecule has 1 heterocycles. The Kier molecular flexibility index (Phi) is 7.30. The van der Waals surface area contributed by atoms with Crippen LogP contribution in [0.5, 0.6) is 11.5 Å². The number of hydrogen-bond donors (Lipinski definition) is 1. The standard InChI is InChI=1S/C23H28N2O5/c1-28-13-12-24-22(26)21-15-25(23(27)17-6-10-19(30-3)11-7-17)14-20(21)16-4-8-18(29-2)9-5-16/h4-11,20-21H,12-15H2,1-3H3,(H,24,26). The number of amides is 2. The van der Waals surface area contributed by atoms with Gasteiger partial charge in [-0.05, 0) is 42.0 Å². The predicted molar refractivity (Wildman–Crippen MR) is 113 cm³/mol. The topological polar surface area (TPSA) is 77.1 Å². The summed E-state index contributed by atoms with van der Waals surface area (Å²) in [7, 11) is 4.80. The summed E-state index contributed by atoms with van der Waals surface area (Å²) in [6.45, 7) is 1.72. The second-order valence-electron chi connectivity index (χ2n) is 7.21. The van der Waals surface area contributed by atoms with Crippen LogP contribution in [0.15, 0.2) is 48.5 Å². The van der Waals surface area contributed by atoms with E-state index in [4.69, 9.17) is 14.2 Å². The van der Waals surface area contributed by atoms with Gasteiger partial charge in [0.2, 0.25) is 5.91 Å². The van der Waals surface area contributed by atoms with Gasteiger partial charge >= 0.3 is 0 Å². The first kappa shape index (κ1) is 21.6. The van der Waals surface area contributed by atoms with Crippen molar-refractivity contribution in [3.05, 3.63) is 59.7 Å². The first-order valence-electron chi connectivity index (χ1n) is 9.91. The molecule has 1 fully saturated rings. The van der Waals surface area contributed by atoms with Crippen molar-refractivity contribution in [2.24, 2.45) is 5.92 Å². The van der Waals surface area contributed by atoms with Crippen LogP contribution < -0.4 is 14.8 Å². The number of benzene rings is 2. The van der Waals surface area contributed by atoms with Crippen molar-refractivity contribution >= 4 is 11.8 Å². The SMILES string of the molecule is COCCNC(=O)C1CN(C(=O)c2ccc(OC)cc2)CC1c1ccc(OC)cc1. The average molecular weight is 412 g/mol. The zero-order valence-electron chi connectivity index (χ0n) is 17.6. The van der Waals surface area contributed by atoms with Crippen LogP contribution in [0.3, 0.4) is 0 Å². The van der Waals surface area contributed by atoms with Gasteiger partial charge in [-0.1, -0.05) is 12.1 Å². The normalized spacial score (nSPS) is 18.2. The van der Waals surface area contributed by atoms with Crippen molar-refractivity contribution in [2.45, 2.75) is 5.92 Å². The maximum absolute atomic E-state index is 13.1. The molecule has 2 aromatic rings. The molecule has 2 unspecified atom stereocenters. The van der Waals surface area contributed by atoms with Gasteiger partial charge in [0, 0.05) is 38.2 Å². The van der Waals surface area contributed by atoms with Crippen molar-refractivity contribution in [1.82, 2.24) is 10.2 Å². The molecule has 0 aliphatic carbocycles. The average Bonchev–Trinajstić information content (AvgIpc) is 3.24. The van der Waals surface area contributed by atoms with Crippen molar-refractivity contribution in [3.63, 3.8) is 0 Å². The van der Waals surface area contributed by atoms with E-state index in [1.807, 2.05) is 24.3 Å². The predicted octanol–water partition coefficient (Wildman–Crippen LogP) is 2.32. The molecule has 1 saturated heterocycles. The van der Waals surface area contributed by atoms with Crippen molar-refractivity contribution in [2.75, 3.05) is 47.6 Å². The number of methoxy groups -OCH3 is 3. The Morgan fingerprint density at radius 2 is 1.53 bits per heavy atom. The van der Waals surface area contributed by atoms with Gasteiger partial charge in [-0.25, -0.2) is 0 Å². The minimum Gasteiger partial charge on any atom is -0.497 e. The Morgan fingerprint density at radius 1 is 0.933 bits per heavy atom. The highest BCUT2D eigenvalue weighted by Crippen LogP contribution is 2.34. The van der Waals surface area contributed by atoms with Crippen LogP contribution in [0.4, 0.5) is 0 Å². The molecule has 0 saturated carbocycles. The van der Waals surface area contributed by atoms with Gasteiger partial charge in [0.1, 0.15) is 11.5 Å². The molecule has 0 radical (unpaired) electrons. The fraction of sp³-hybridized carbons (Fsp3) is 0.391. The van der Waals surface area contributed by atoms with Gasteiger partial charge in [-0.3, -0.25) is 9.59 Å². The number of hydrogen-bond acceptors (Lipinski definition) is 5. The summed E-state index contributed by atoms with van der Waals surface area (Å²) in [6.07, 6.45) is 0. The fourth-order valence-corrected chi connectivity index (χ4v) is 3.75. The van der Waals surface area contributed by atoms with E-state index in [9.17, 15) is 9.59 Å². The van der Waals surface area contributed by atoms with E-state index in [2.05, 4.69) is 5.32 Å². The van der Waals surface area contributed by atoms with Crippen LogP contribution in [0.1, 0.15) is 21.8 Å². The number of nitrogens with zero attached hydrogens (tertiary/aromatic N) is 1. The third kappa shape index (κ3) is 4.91. The summed E-state index contributed by atoms with van der Waals surface area (Å²) in [5.41, 5.74) is 1.58. The lowest BCUT2D eigenvalue weighted by Crippen LogP contribution is -2.37. The summed E-state index contributed by atoms with van der Waals surface area (Å²) in [4.78, 5) is 27.7. The van der Waals surface area contributed by atoms with Crippen molar-refractivity contribution in [1.29, 1.82) is 0 Å². The highest BCUT2D eigenvalue weighted by Gasteiger charge is 2.40. The zero-order chi connectivity index (χ0) is 21.5. The van der Waals surface area contributed by atoms with E-state index in [0.717, 1.165) is 11.3 Å². The van der Waals surface area contributed by atoms with Crippen LogP contribution in [0.25, 0.3) is 0 Å². The molecular weight excluding hydrogens is 384 g/mol. The molecule has 2 atom stereocenters. The van der Waals surface area contributed by atoms with Crippen LogP contribution in [-0.4, -0.2) is 64.3 Å². The van der Waals surface area contributed by atoms with Crippen molar-refractivity contribution < 1.29 is 23.8 Å². The quantitative estimate of drug-likeness (QED) is 0.674. The zero-order valence-corrected chi connectivity index (χ0v) is 17.6. The van der Waals surface area contributed by atoms with Crippen LogP contribution >= 0.6 is 0 Å². The third-order valence-electron chi connectivity index (χ3n) is 5.43. The van der Waals surface area contributed by atoms with E-state index in [1.165, 1.54) is 0 Å². The maximum atomic E-state index is 13.1. The molecule has 1 aliphatic heterocycles. The van der Waals surface area contributed by atoms with Crippen LogP contribution in [-0.2, 0) is 9.53 Å². The molecule has 1 N–H and O–H groups in total. The lowest BCUT2D eigenvalue weighted by Gasteiger charge is -2.18. The molecule has 0 spiro atoms. The molecule has 3 rings (SSSR count). The summed E-state index contributed by atoms with van der Waals surface area (Å²) >= 11 is 0. The molecule has 160 valence electrons. The number of ether oxygens (including phenoxy) is 3. The minimum atomic E-state index is -0.336. The Balaban J connectivity index is 1.80. The number of rotatable bonds is 8. The smallest absolute Gasteiger partial charge is 0.253 e. The highest BCUT2D eigenvalue weighted by molar-refractivity contribution is 5.95. The van der Waals surface area contributed by atoms with E-state index in [-0.39, 0.29) is 23.7 Å². The van der Waals surface area contributed by atoms with Gasteiger partial charge in [0.05, 0.1) is 26.7 Å². The second kappa shape index (κ2) is 10.1. The van der Waals surface area contributed by atoms with Crippen LogP contribution in [0, 0.1) is 5.92 Å². The number of carbonyl (C=O) groups excluding carboxylic acids is 2. The van der Waals surface area contributed by atoms with E-state index >= 15 is 0 Å². The molecule has 1 aliphatic rings. The number of carbonyl (C=O) groups is 2. The van der Waals surface area contributed by atoms with Crippen molar-refractivity contribution in [3.8, 4) is 11.5 Å². The van der Waals surface area contributed by atoms with Crippen LogP contribution in [0.2, 0.25) is 0 Å². The van der Waals surface area contributed by atoms with E-state index in [0.29, 0.717) is 37.6 Å². The van der Waals surface area contributed by atoms with Gasteiger partial charge in [0.15, 0.2) is 0 Å². The third-order valence-corrected chi connectivity index (χ3v) is 5.43. The summed E-state index contributed by atoms with van der Waals surface area (Å²) < 4.78 is 15.4. The van der Waals surface area contributed by atoms with E-state index in [1.54, 1.807) is 50.5 Å². The van der Waals surface area contributed by atoms with Gasteiger partial charge in [-0.15, -0.1) is 0 Å². The van der Waals surface area contributed by atoms with Gasteiger partial charge < -0.3 is 24.4 Å². The molecule has 0 bridgehead atoms. The molecule has 0 aromatic heterocycles. The Hall–Kier alpha value is -3.06.